The van der Waals surface area contributed by atoms with Crippen molar-refractivity contribution in [2.75, 3.05) is 19.5 Å². The summed E-state index contributed by atoms with van der Waals surface area (Å²) >= 11 is -2.34. The van der Waals surface area contributed by atoms with Crippen LogP contribution < -0.4 is 9.47 Å². The van der Waals surface area contributed by atoms with E-state index in [9.17, 15) is 18.4 Å². The summed E-state index contributed by atoms with van der Waals surface area (Å²) in [6, 6.07) is 9.46. The molecule has 1 aliphatic rings. The second kappa shape index (κ2) is 10.2. The molecule has 2 atom stereocenters. The number of aromatic nitrogens is 2. The number of carbonyl (C=O) groups excluding carboxylic acids is 2. The number of imidazole rings is 1. The van der Waals surface area contributed by atoms with Crippen LogP contribution in [0, 0.1) is 0 Å². The first-order valence-corrected chi connectivity index (χ1v) is 12.0. The lowest BCUT2D eigenvalue weighted by atomic mass is 10.0. The molecule has 0 spiro atoms. The molecule has 0 fully saturated rings. The van der Waals surface area contributed by atoms with Crippen LogP contribution in [0.3, 0.4) is 0 Å². The van der Waals surface area contributed by atoms with Crippen molar-refractivity contribution < 1.29 is 27.8 Å². The maximum Gasteiger partial charge on any atom is 0.262 e. The van der Waals surface area contributed by atoms with Crippen LogP contribution in [0.1, 0.15) is 51.2 Å². The van der Waals surface area contributed by atoms with E-state index in [1.807, 2.05) is 11.5 Å². The van der Waals surface area contributed by atoms with Crippen molar-refractivity contribution in [1.29, 1.82) is 0 Å². The van der Waals surface area contributed by atoms with Crippen molar-refractivity contribution in [2.45, 2.75) is 25.9 Å². The van der Waals surface area contributed by atoms with Gasteiger partial charge in [0, 0.05) is 24.7 Å². The van der Waals surface area contributed by atoms with Gasteiger partial charge in [0.1, 0.15) is 0 Å². The van der Waals surface area contributed by atoms with Gasteiger partial charge in [0.25, 0.3) is 11.8 Å². The molecule has 2 amide bonds. The van der Waals surface area contributed by atoms with E-state index in [4.69, 9.17) is 9.47 Å². The molecule has 178 valence electrons. The second-order valence-electron chi connectivity index (χ2n) is 7.71. The highest BCUT2D eigenvalue weighted by molar-refractivity contribution is 7.79. The van der Waals surface area contributed by atoms with Gasteiger partial charge in [-0.05, 0) is 42.7 Å². The first-order valence-electron chi connectivity index (χ1n) is 10.8. The Labute approximate surface area is 199 Å². The number of fused-ring (bicyclic) bond motifs is 1. The summed E-state index contributed by atoms with van der Waals surface area (Å²) in [7, 11) is 1.52. The van der Waals surface area contributed by atoms with E-state index in [1.54, 1.807) is 55.1 Å². The fourth-order valence-electron chi connectivity index (χ4n) is 4.19. The SMILES string of the molecule is CCOc1cc(C(CCS(=O)[O-])N2C(=O)c3cccc(Cn4ccnc4)c3C2=O)ccc1OC. The molecule has 9 nitrogen and oxygen atoms in total. The van der Waals surface area contributed by atoms with Gasteiger partial charge in [0.05, 0.1) is 37.2 Å². The van der Waals surface area contributed by atoms with Crippen LogP contribution in [0.2, 0.25) is 0 Å². The third-order valence-corrected chi connectivity index (χ3v) is 6.26. The van der Waals surface area contributed by atoms with Gasteiger partial charge in [-0.15, -0.1) is 0 Å². The molecule has 2 heterocycles. The zero-order chi connectivity index (χ0) is 24.2. The van der Waals surface area contributed by atoms with Gasteiger partial charge in [-0.3, -0.25) is 18.7 Å². The molecule has 0 aliphatic carbocycles. The molecule has 0 saturated heterocycles. The number of rotatable bonds is 10. The monoisotopic (exact) mass is 482 g/mol. The molecular formula is C24H24N3O6S-. The molecule has 4 rings (SSSR count). The molecular weight excluding hydrogens is 458 g/mol. The van der Waals surface area contributed by atoms with Gasteiger partial charge in [-0.2, -0.15) is 0 Å². The fourth-order valence-corrected chi connectivity index (χ4v) is 4.60. The molecule has 10 heteroatoms. The number of methoxy groups -OCH3 is 1. The largest absolute Gasteiger partial charge is 0.772 e. The molecule has 1 aliphatic heterocycles. The topological polar surface area (TPSA) is 114 Å². The number of amides is 2. The number of ether oxygens (including phenoxy) is 2. The minimum atomic E-state index is -2.34. The number of benzene rings is 2. The van der Waals surface area contributed by atoms with Gasteiger partial charge in [-0.25, -0.2) is 4.98 Å². The number of hydrogen-bond donors (Lipinski definition) is 0. The van der Waals surface area contributed by atoms with Crippen molar-refractivity contribution in [3.05, 3.63) is 77.4 Å². The highest BCUT2D eigenvalue weighted by Gasteiger charge is 2.42. The van der Waals surface area contributed by atoms with Crippen LogP contribution >= 0.6 is 0 Å². The van der Waals surface area contributed by atoms with Crippen molar-refractivity contribution >= 4 is 22.9 Å². The number of hydrogen-bond acceptors (Lipinski definition) is 7. The van der Waals surface area contributed by atoms with Crippen molar-refractivity contribution in [3.63, 3.8) is 0 Å². The predicted octanol–water partition coefficient (Wildman–Crippen LogP) is 2.95. The summed E-state index contributed by atoms with van der Waals surface area (Å²) < 4.78 is 35.6. The maximum absolute atomic E-state index is 13.6. The third kappa shape index (κ3) is 4.59. The van der Waals surface area contributed by atoms with E-state index in [0.717, 1.165) is 4.90 Å². The molecule has 0 saturated carbocycles. The normalized spacial score (nSPS) is 14.7. The van der Waals surface area contributed by atoms with Gasteiger partial charge in [0.2, 0.25) is 0 Å². The summed E-state index contributed by atoms with van der Waals surface area (Å²) in [4.78, 5) is 32.2. The Morgan fingerprint density at radius 2 is 1.97 bits per heavy atom. The minimum Gasteiger partial charge on any atom is -0.772 e. The first kappa shape index (κ1) is 23.7. The van der Waals surface area contributed by atoms with Crippen LogP contribution in [-0.4, -0.2) is 54.5 Å². The minimum absolute atomic E-state index is 0.0519. The van der Waals surface area contributed by atoms with Gasteiger partial charge in [0.15, 0.2) is 11.5 Å². The summed E-state index contributed by atoms with van der Waals surface area (Å²) in [6.45, 7) is 2.60. The molecule has 34 heavy (non-hydrogen) atoms. The lowest BCUT2D eigenvalue weighted by molar-refractivity contribution is 0.0577. The Kier molecular flexibility index (Phi) is 7.09. The summed E-state index contributed by atoms with van der Waals surface area (Å²) in [5, 5.41) is 0. The summed E-state index contributed by atoms with van der Waals surface area (Å²) in [5.41, 5.74) is 1.90. The molecule has 0 radical (unpaired) electrons. The predicted molar refractivity (Wildman–Crippen MR) is 124 cm³/mol. The zero-order valence-corrected chi connectivity index (χ0v) is 19.6. The van der Waals surface area contributed by atoms with Gasteiger partial charge >= 0.3 is 0 Å². The molecule has 2 aromatic carbocycles. The van der Waals surface area contributed by atoms with Crippen LogP contribution in [0.5, 0.6) is 11.5 Å². The van der Waals surface area contributed by atoms with E-state index in [1.165, 1.54) is 7.11 Å². The van der Waals surface area contributed by atoms with Crippen molar-refractivity contribution in [3.8, 4) is 11.5 Å². The van der Waals surface area contributed by atoms with E-state index in [-0.39, 0.29) is 12.2 Å². The van der Waals surface area contributed by atoms with Crippen LogP contribution in [0.15, 0.2) is 55.1 Å². The average Bonchev–Trinajstić information content (AvgIpc) is 3.42. The Hall–Kier alpha value is -3.50. The third-order valence-electron chi connectivity index (χ3n) is 5.69. The number of nitrogens with zero attached hydrogens (tertiary/aromatic N) is 3. The van der Waals surface area contributed by atoms with E-state index in [2.05, 4.69) is 4.98 Å². The standard InChI is InChI=1S/C24H25N3O6S/c1-3-33-21-13-16(7-8-20(21)32-2)19(9-12-34(30)31)27-23(28)18-6-4-5-17(22(18)24(27)29)14-26-11-10-25-15-26/h4-8,10-11,13,15,19H,3,9,12,14H2,1-2H3,(H,30,31)/p-1. The van der Waals surface area contributed by atoms with Crippen LogP contribution in [-0.2, 0) is 17.6 Å². The average molecular weight is 483 g/mol. The Bertz CT molecular complexity index is 1230. The van der Waals surface area contributed by atoms with Gasteiger partial charge < -0.3 is 18.6 Å². The van der Waals surface area contributed by atoms with E-state index in [0.29, 0.717) is 46.9 Å². The number of carbonyl (C=O) groups is 2. The maximum atomic E-state index is 13.6. The highest BCUT2D eigenvalue weighted by Crippen LogP contribution is 2.38. The van der Waals surface area contributed by atoms with Crippen molar-refractivity contribution in [2.24, 2.45) is 0 Å². The summed E-state index contributed by atoms with van der Waals surface area (Å²) in [5.74, 6) is -0.167. The van der Waals surface area contributed by atoms with Crippen molar-refractivity contribution in [1.82, 2.24) is 14.5 Å². The second-order valence-corrected chi connectivity index (χ2v) is 8.73. The lowest BCUT2D eigenvalue weighted by Gasteiger charge is -2.28. The number of imide groups is 1. The Morgan fingerprint density at radius 3 is 2.65 bits per heavy atom. The van der Waals surface area contributed by atoms with Gasteiger partial charge in [-0.1, -0.05) is 29.3 Å². The first-order chi connectivity index (χ1) is 16.4. The summed E-state index contributed by atoms with van der Waals surface area (Å²) in [6.07, 6.45) is 5.10. The van der Waals surface area contributed by atoms with Crippen LogP contribution in [0.4, 0.5) is 0 Å². The molecule has 2 unspecified atom stereocenters. The Morgan fingerprint density at radius 1 is 1.15 bits per heavy atom. The quantitative estimate of drug-likeness (QED) is 0.322. The molecule has 3 aromatic rings. The fraction of sp³-hybridized carbons (Fsp3) is 0.292. The van der Waals surface area contributed by atoms with Crippen LogP contribution in [0.25, 0.3) is 0 Å². The molecule has 0 N–H and O–H groups in total. The highest BCUT2D eigenvalue weighted by atomic mass is 32.2. The molecule has 0 bridgehead atoms. The van der Waals surface area contributed by atoms with E-state index < -0.39 is 28.9 Å². The Balaban J connectivity index is 1.75. The molecule has 1 aromatic heterocycles. The lowest BCUT2D eigenvalue weighted by Crippen LogP contribution is -2.35. The zero-order valence-electron chi connectivity index (χ0n) is 18.8. The smallest absolute Gasteiger partial charge is 0.262 e. The van der Waals surface area contributed by atoms with E-state index >= 15 is 0 Å².